The van der Waals surface area contributed by atoms with Gasteiger partial charge >= 0.3 is 0 Å². The van der Waals surface area contributed by atoms with Gasteiger partial charge in [-0.1, -0.05) is 6.42 Å². The van der Waals surface area contributed by atoms with E-state index in [-0.39, 0.29) is 6.10 Å². The summed E-state index contributed by atoms with van der Waals surface area (Å²) in [6.07, 6.45) is 8.52. The Morgan fingerprint density at radius 1 is 1.40 bits per heavy atom. The van der Waals surface area contributed by atoms with Crippen LogP contribution in [0.4, 0.5) is 11.6 Å². The van der Waals surface area contributed by atoms with Crippen molar-refractivity contribution in [1.82, 2.24) is 14.4 Å². The van der Waals surface area contributed by atoms with Gasteiger partial charge in [0, 0.05) is 31.4 Å². The summed E-state index contributed by atoms with van der Waals surface area (Å²) in [5.74, 6) is 1.91. The van der Waals surface area contributed by atoms with Crippen molar-refractivity contribution in [3.05, 3.63) is 18.6 Å². The first-order chi connectivity index (χ1) is 9.78. The summed E-state index contributed by atoms with van der Waals surface area (Å²) >= 11 is 0. The third-order valence-electron chi connectivity index (χ3n) is 3.88. The van der Waals surface area contributed by atoms with E-state index >= 15 is 0 Å². The molecule has 6 heteroatoms. The molecule has 1 aliphatic carbocycles. The highest BCUT2D eigenvalue weighted by molar-refractivity contribution is 5.65. The minimum Gasteiger partial charge on any atom is -0.393 e. The second-order valence-corrected chi connectivity index (χ2v) is 5.30. The van der Waals surface area contributed by atoms with Gasteiger partial charge in [0.2, 0.25) is 0 Å². The maximum Gasteiger partial charge on any atom is 0.180 e. The summed E-state index contributed by atoms with van der Waals surface area (Å²) < 4.78 is 1.96. The summed E-state index contributed by atoms with van der Waals surface area (Å²) in [4.78, 5) is 8.89. The third kappa shape index (κ3) is 2.56. The zero-order valence-corrected chi connectivity index (χ0v) is 11.7. The average molecular weight is 275 g/mol. The zero-order valence-electron chi connectivity index (χ0n) is 11.7. The van der Waals surface area contributed by atoms with Crippen LogP contribution in [0.15, 0.2) is 18.6 Å². The molecule has 2 atom stereocenters. The van der Waals surface area contributed by atoms with Crippen molar-refractivity contribution in [3.63, 3.8) is 0 Å². The van der Waals surface area contributed by atoms with Gasteiger partial charge in [0.25, 0.3) is 0 Å². The number of fused-ring (bicyclic) bond motifs is 1. The van der Waals surface area contributed by atoms with Crippen LogP contribution in [0, 0.1) is 5.92 Å². The van der Waals surface area contributed by atoms with Crippen LogP contribution in [0.25, 0.3) is 5.65 Å². The molecule has 2 heterocycles. The number of rotatable bonds is 5. The van der Waals surface area contributed by atoms with E-state index in [1.807, 2.05) is 23.7 Å². The molecule has 0 spiro atoms. The van der Waals surface area contributed by atoms with E-state index in [0.29, 0.717) is 5.92 Å². The lowest BCUT2D eigenvalue weighted by atomic mass is 10.1. The molecule has 2 unspecified atom stereocenters. The van der Waals surface area contributed by atoms with E-state index < -0.39 is 0 Å². The van der Waals surface area contributed by atoms with Crippen LogP contribution in [-0.4, -0.2) is 38.7 Å². The van der Waals surface area contributed by atoms with Crippen molar-refractivity contribution in [2.24, 2.45) is 5.92 Å². The Kier molecular flexibility index (Phi) is 3.73. The fourth-order valence-corrected chi connectivity index (χ4v) is 2.80. The van der Waals surface area contributed by atoms with Gasteiger partial charge in [0.1, 0.15) is 5.82 Å². The molecule has 2 aromatic heterocycles. The molecule has 1 aliphatic rings. The average Bonchev–Trinajstić information content (AvgIpc) is 3.05. The number of hydrogen-bond acceptors (Lipinski definition) is 5. The summed E-state index contributed by atoms with van der Waals surface area (Å²) in [6.45, 7) is 3.61. The molecule has 6 nitrogen and oxygen atoms in total. The maximum absolute atomic E-state index is 9.89. The molecule has 0 amide bonds. The number of aliphatic hydroxyl groups excluding tert-OH is 1. The largest absolute Gasteiger partial charge is 0.393 e. The normalized spacial score (nSPS) is 22.3. The molecule has 0 radical (unpaired) electrons. The summed E-state index contributed by atoms with van der Waals surface area (Å²) in [5.41, 5.74) is 0.819. The van der Waals surface area contributed by atoms with E-state index in [2.05, 4.69) is 20.6 Å². The lowest BCUT2D eigenvalue weighted by Gasteiger charge is -2.16. The molecule has 108 valence electrons. The van der Waals surface area contributed by atoms with Crippen LogP contribution >= 0.6 is 0 Å². The predicted molar refractivity (Wildman–Crippen MR) is 79.0 cm³/mol. The molecule has 0 aromatic carbocycles. The van der Waals surface area contributed by atoms with Gasteiger partial charge in [0.15, 0.2) is 11.5 Å². The molecule has 1 fully saturated rings. The highest BCUT2D eigenvalue weighted by atomic mass is 16.3. The Morgan fingerprint density at radius 3 is 3.05 bits per heavy atom. The van der Waals surface area contributed by atoms with E-state index in [9.17, 15) is 5.11 Å². The highest BCUT2D eigenvalue weighted by Gasteiger charge is 2.25. The number of aromatic nitrogens is 3. The number of nitrogens with one attached hydrogen (secondary N) is 2. The Balaban J connectivity index is 1.80. The summed E-state index contributed by atoms with van der Waals surface area (Å²) in [6, 6.07) is 0. The van der Waals surface area contributed by atoms with Crippen LogP contribution < -0.4 is 10.6 Å². The van der Waals surface area contributed by atoms with Crippen LogP contribution in [-0.2, 0) is 0 Å². The minimum atomic E-state index is -0.185. The molecular weight excluding hydrogens is 254 g/mol. The molecule has 3 rings (SSSR count). The van der Waals surface area contributed by atoms with Crippen molar-refractivity contribution in [2.75, 3.05) is 23.7 Å². The molecule has 3 N–H and O–H groups in total. The second-order valence-electron chi connectivity index (χ2n) is 5.30. The monoisotopic (exact) mass is 275 g/mol. The number of imidazole rings is 1. The van der Waals surface area contributed by atoms with Crippen LogP contribution in [0.2, 0.25) is 0 Å². The molecule has 0 bridgehead atoms. The van der Waals surface area contributed by atoms with Crippen molar-refractivity contribution >= 4 is 17.3 Å². The minimum absolute atomic E-state index is 0.185. The van der Waals surface area contributed by atoms with Crippen LogP contribution in [0.3, 0.4) is 0 Å². The van der Waals surface area contributed by atoms with Crippen molar-refractivity contribution in [2.45, 2.75) is 32.3 Å². The number of hydrogen-bond donors (Lipinski definition) is 3. The Morgan fingerprint density at radius 2 is 2.30 bits per heavy atom. The Bertz CT molecular complexity index is 582. The predicted octanol–water partition coefficient (Wildman–Crippen LogP) is 1.73. The van der Waals surface area contributed by atoms with Crippen molar-refractivity contribution < 1.29 is 5.11 Å². The zero-order chi connectivity index (χ0) is 13.9. The molecule has 20 heavy (non-hydrogen) atoms. The highest BCUT2D eigenvalue weighted by Crippen LogP contribution is 2.26. The van der Waals surface area contributed by atoms with Gasteiger partial charge < -0.3 is 20.1 Å². The first-order valence-electron chi connectivity index (χ1n) is 7.27. The lowest BCUT2D eigenvalue weighted by Crippen LogP contribution is -2.22. The topological polar surface area (TPSA) is 74.5 Å². The number of anilines is 2. The lowest BCUT2D eigenvalue weighted by molar-refractivity contribution is 0.138. The standard InChI is InChI=1S/C14H21N5O/c1-2-15-12-9-19-7-6-16-14(19)13(18-12)17-8-10-4-3-5-11(10)20/h6-7,9-11,15,20H,2-5,8H2,1H3,(H,17,18). The quantitative estimate of drug-likeness (QED) is 0.775. The first kappa shape index (κ1) is 13.2. The molecular formula is C14H21N5O. The fourth-order valence-electron chi connectivity index (χ4n) is 2.80. The van der Waals surface area contributed by atoms with Crippen LogP contribution in [0.5, 0.6) is 0 Å². The smallest absolute Gasteiger partial charge is 0.180 e. The van der Waals surface area contributed by atoms with E-state index in [1.54, 1.807) is 6.20 Å². The molecule has 0 aliphatic heterocycles. The van der Waals surface area contributed by atoms with Gasteiger partial charge in [-0.15, -0.1) is 0 Å². The van der Waals surface area contributed by atoms with Gasteiger partial charge in [-0.05, 0) is 19.8 Å². The molecule has 2 aromatic rings. The van der Waals surface area contributed by atoms with E-state index in [1.165, 1.54) is 0 Å². The first-order valence-corrected chi connectivity index (χ1v) is 7.27. The number of aliphatic hydroxyl groups is 1. The molecule has 1 saturated carbocycles. The number of nitrogens with zero attached hydrogens (tertiary/aromatic N) is 3. The second kappa shape index (κ2) is 5.66. The summed E-state index contributed by atoms with van der Waals surface area (Å²) in [5, 5.41) is 16.5. The summed E-state index contributed by atoms with van der Waals surface area (Å²) in [7, 11) is 0. The Hall–Kier alpha value is -1.82. The van der Waals surface area contributed by atoms with Gasteiger partial charge in [-0.3, -0.25) is 0 Å². The third-order valence-corrected chi connectivity index (χ3v) is 3.88. The van der Waals surface area contributed by atoms with Gasteiger partial charge in [-0.2, -0.15) is 0 Å². The van der Waals surface area contributed by atoms with Crippen molar-refractivity contribution in [1.29, 1.82) is 0 Å². The van der Waals surface area contributed by atoms with Gasteiger partial charge in [0.05, 0.1) is 12.3 Å². The van der Waals surface area contributed by atoms with Crippen molar-refractivity contribution in [3.8, 4) is 0 Å². The SMILES string of the molecule is CCNc1cn2ccnc2c(NCC2CCCC2O)n1. The fraction of sp³-hybridized carbons (Fsp3) is 0.571. The van der Waals surface area contributed by atoms with E-state index in [4.69, 9.17) is 0 Å². The van der Waals surface area contributed by atoms with E-state index in [0.717, 1.165) is 49.6 Å². The molecule has 0 saturated heterocycles. The van der Waals surface area contributed by atoms with Crippen LogP contribution in [0.1, 0.15) is 26.2 Å². The maximum atomic E-state index is 9.89. The Labute approximate surface area is 118 Å². The van der Waals surface area contributed by atoms with Gasteiger partial charge in [-0.25, -0.2) is 9.97 Å².